The maximum atomic E-state index is 11.9. The first-order valence-corrected chi connectivity index (χ1v) is 8.65. The van der Waals surface area contributed by atoms with Crippen molar-refractivity contribution in [1.29, 1.82) is 0 Å². The van der Waals surface area contributed by atoms with Crippen LogP contribution >= 0.6 is 23.1 Å². The van der Waals surface area contributed by atoms with Crippen molar-refractivity contribution in [1.82, 2.24) is 10.2 Å². The minimum atomic E-state index is 0.109. The highest BCUT2D eigenvalue weighted by atomic mass is 32.2. The summed E-state index contributed by atoms with van der Waals surface area (Å²) in [4.78, 5) is 15.1. The number of hydrogen-bond acceptors (Lipinski definition) is 4. The summed E-state index contributed by atoms with van der Waals surface area (Å²) in [6.45, 7) is 1.36. The van der Waals surface area contributed by atoms with E-state index < -0.39 is 0 Å². The standard InChI is InChI=1S/C13H20N2OS2/c1-17-8-4-2-3-7-15-12(16)10-14-13(15)11-6-5-9-18-11/h5-6,9,13-14H,2-4,7-8,10H2,1H3. The Labute approximate surface area is 117 Å². The minimum Gasteiger partial charge on any atom is -0.321 e. The number of carbonyl (C=O) groups excluding carboxylic acids is 1. The zero-order valence-corrected chi connectivity index (χ0v) is 12.4. The number of thiophene rings is 1. The molecule has 1 atom stereocenters. The van der Waals surface area contributed by atoms with E-state index in [1.807, 2.05) is 22.7 Å². The van der Waals surface area contributed by atoms with E-state index >= 15 is 0 Å². The summed E-state index contributed by atoms with van der Waals surface area (Å²) in [7, 11) is 0. The Morgan fingerprint density at radius 1 is 1.50 bits per heavy atom. The molecule has 1 N–H and O–H groups in total. The Bertz CT molecular complexity index is 367. The zero-order chi connectivity index (χ0) is 12.8. The van der Waals surface area contributed by atoms with E-state index in [9.17, 15) is 4.79 Å². The number of unbranched alkanes of at least 4 members (excludes halogenated alkanes) is 2. The van der Waals surface area contributed by atoms with Crippen LogP contribution in [0.2, 0.25) is 0 Å². The Hall–Kier alpha value is -0.520. The van der Waals surface area contributed by atoms with Crippen LogP contribution < -0.4 is 5.32 Å². The van der Waals surface area contributed by atoms with Gasteiger partial charge in [-0.1, -0.05) is 12.5 Å². The fourth-order valence-electron chi connectivity index (χ4n) is 2.20. The van der Waals surface area contributed by atoms with Crippen LogP contribution in [0.15, 0.2) is 17.5 Å². The molecule has 18 heavy (non-hydrogen) atoms. The summed E-state index contributed by atoms with van der Waals surface area (Å²) in [5, 5.41) is 5.36. The second kappa shape index (κ2) is 7.16. The topological polar surface area (TPSA) is 32.3 Å². The second-order valence-corrected chi connectivity index (χ2v) is 6.40. The molecule has 1 aliphatic heterocycles. The Balaban J connectivity index is 1.82. The summed E-state index contributed by atoms with van der Waals surface area (Å²) in [5.74, 6) is 1.46. The van der Waals surface area contributed by atoms with Gasteiger partial charge in [0.15, 0.2) is 0 Å². The van der Waals surface area contributed by atoms with E-state index in [1.165, 1.54) is 23.5 Å². The lowest BCUT2D eigenvalue weighted by Crippen LogP contribution is -2.30. The third kappa shape index (κ3) is 3.49. The molecule has 1 amide bonds. The normalized spacial score (nSPS) is 19.7. The lowest BCUT2D eigenvalue weighted by molar-refractivity contribution is -0.128. The van der Waals surface area contributed by atoms with Crippen molar-refractivity contribution in [3.8, 4) is 0 Å². The molecule has 2 heterocycles. The fraction of sp³-hybridized carbons (Fsp3) is 0.615. The first kappa shape index (κ1) is 13.9. The molecule has 0 spiro atoms. The van der Waals surface area contributed by atoms with Crippen molar-refractivity contribution in [3.63, 3.8) is 0 Å². The SMILES string of the molecule is CSCCCCCN1C(=O)CNC1c1cccs1. The molecule has 1 unspecified atom stereocenters. The smallest absolute Gasteiger partial charge is 0.238 e. The average molecular weight is 284 g/mol. The molecular formula is C13H20N2OS2. The fourth-order valence-corrected chi connectivity index (χ4v) is 3.50. The van der Waals surface area contributed by atoms with Crippen LogP contribution in [0, 0.1) is 0 Å². The van der Waals surface area contributed by atoms with E-state index in [0.29, 0.717) is 6.54 Å². The third-order valence-electron chi connectivity index (χ3n) is 3.14. The average Bonchev–Trinajstić information content (AvgIpc) is 2.99. The van der Waals surface area contributed by atoms with Gasteiger partial charge in [0, 0.05) is 11.4 Å². The molecule has 0 aromatic carbocycles. The molecule has 1 aliphatic rings. The summed E-state index contributed by atoms with van der Waals surface area (Å²) >= 11 is 3.61. The predicted molar refractivity (Wildman–Crippen MR) is 79.0 cm³/mol. The highest BCUT2D eigenvalue weighted by Crippen LogP contribution is 2.26. The number of thioether (sulfide) groups is 1. The Morgan fingerprint density at radius 3 is 3.11 bits per heavy atom. The Kier molecular flexibility index (Phi) is 5.53. The summed E-state index contributed by atoms with van der Waals surface area (Å²) in [5.41, 5.74) is 0. The quantitative estimate of drug-likeness (QED) is 0.781. The molecule has 100 valence electrons. The molecule has 1 aromatic heterocycles. The van der Waals surface area contributed by atoms with Crippen LogP contribution in [0.1, 0.15) is 30.3 Å². The monoisotopic (exact) mass is 284 g/mol. The van der Waals surface area contributed by atoms with Gasteiger partial charge in [0.25, 0.3) is 0 Å². The lowest BCUT2D eigenvalue weighted by Gasteiger charge is -2.23. The molecule has 0 bridgehead atoms. The molecular weight excluding hydrogens is 264 g/mol. The van der Waals surface area contributed by atoms with Crippen molar-refractivity contribution in [3.05, 3.63) is 22.4 Å². The molecule has 0 saturated carbocycles. The van der Waals surface area contributed by atoms with Gasteiger partial charge in [-0.3, -0.25) is 10.1 Å². The van der Waals surface area contributed by atoms with Crippen LogP contribution in [0.4, 0.5) is 0 Å². The highest BCUT2D eigenvalue weighted by Gasteiger charge is 2.31. The number of carbonyl (C=O) groups is 1. The number of hydrogen-bond donors (Lipinski definition) is 1. The van der Waals surface area contributed by atoms with Gasteiger partial charge in [0.2, 0.25) is 5.91 Å². The van der Waals surface area contributed by atoms with Crippen LogP contribution in [0.3, 0.4) is 0 Å². The van der Waals surface area contributed by atoms with Crippen molar-refractivity contribution in [2.75, 3.05) is 25.1 Å². The largest absolute Gasteiger partial charge is 0.321 e. The molecule has 1 aromatic rings. The van der Waals surface area contributed by atoms with Gasteiger partial charge in [-0.05, 0) is 36.3 Å². The van der Waals surface area contributed by atoms with Gasteiger partial charge >= 0.3 is 0 Å². The first-order chi connectivity index (χ1) is 8.83. The van der Waals surface area contributed by atoms with Crippen molar-refractivity contribution in [2.45, 2.75) is 25.4 Å². The van der Waals surface area contributed by atoms with Crippen molar-refractivity contribution < 1.29 is 4.79 Å². The maximum absolute atomic E-state index is 11.9. The molecule has 1 saturated heterocycles. The second-order valence-electron chi connectivity index (χ2n) is 4.44. The molecule has 3 nitrogen and oxygen atoms in total. The van der Waals surface area contributed by atoms with Crippen molar-refractivity contribution >= 4 is 29.0 Å². The van der Waals surface area contributed by atoms with E-state index in [1.54, 1.807) is 11.3 Å². The summed E-state index contributed by atoms with van der Waals surface area (Å²) < 4.78 is 0. The van der Waals surface area contributed by atoms with Crippen LogP contribution in [-0.4, -0.2) is 35.9 Å². The van der Waals surface area contributed by atoms with E-state index in [0.717, 1.165) is 13.0 Å². The predicted octanol–water partition coefficient (Wildman–Crippen LogP) is 2.71. The summed E-state index contributed by atoms with van der Waals surface area (Å²) in [6.07, 6.45) is 5.82. The van der Waals surface area contributed by atoms with Gasteiger partial charge < -0.3 is 4.90 Å². The number of nitrogens with one attached hydrogen (secondary N) is 1. The first-order valence-electron chi connectivity index (χ1n) is 6.38. The molecule has 1 fully saturated rings. The number of nitrogens with zero attached hydrogens (tertiary/aromatic N) is 1. The Morgan fingerprint density at radius 2 is 2.39 bits per heavy atom. The highest BCUT2D eigenvalue weighted by molar-refractivity contribution is 7.98. The maximum Gasteiger partial charge on any atom is 0.238 e. The lowest BCUT2D eigenvalue weighted by atomic mass is 10.2. The molecule has 2 rings (SSSR count). The number of rotatable bonds is 7. The van der Waals surface area contributed by atoms with E-state index in [4.69, 9.17) is 0 Å². The zero-order valence-electron chi connectivity index (χ0n) is 10.7. The molecule has 5 heteroatoms. The van der Waals surface area contributed by atoms with Gasteiger partial charge in [-0.25, -0.2) is 0 Å². The van der Waals surface area contributed by atoms with Gasteiger partial charge in [0.1, 0.15) is 6.17 Å². The molecule has 0 aliphatic carbocycles. The summed E-state index contributed by atoms with van der Waals surface area (Å²) in [6, 6.07) is 4.14. The molecule has 0 radical (unpaired) electrons. The van der Waals surface area contributed by atoms with Crippen molar-refractivity contribution in [2.24, 2.45) is 0 Å². The van der Waals surface area contributed by atoms with E-state index in [-0.39, 0.29) is 12.1 Å². The van der Waals surface area contributed by atoms with Gasteiger partial charge in [-0.15, -0.1) is 11.3 Å². The third-order valence-corrected chi connectivity index (χ3v) is 4.76. The van der Waals surface area contributed by atoms with Gasteiger partial charge in [0.05, 0.1) is 6.54 Å². The van der Waals surface area contributed by atoms with Gasteiger partial charge in [-0.2, -0.15) is 11.8 Å². The van der Waals surface area contributed by atoms with Crippen LogP contribution in [0.25, 0.3) is 0 Å². The van der Waals surface area contributed by atoms with E-state index in [2.05, 4.69) is 23.0 Å². The number of amides is 1. The van der Waals surface area contributed by atoms with Crippen LogP contribution in [-0.2, 0) is 4.79 Å². The minimum absolute atomic E-state index is 0.109. The van der Waals surface area contributed by atoms with Crippen LogP contribution in [0.5, 0.6) is 0 Å².